The van der Waals surface area contributed by atoms with Gasteiger partial charge in [0.1, 0.15) is 0 Å². The number of aliphatic carboxylic acids is 1. The van der Waals surface area contributed by atoms with Gasteiger partial charge in [0.2, 0.25) is 5.91 Å². The van der Waals surface area contributed by atoms with Gasteiger partial charge in [-0.15, -0.1) is 0 Å². The van der Waals surface area contributed by atoms with Crippen molar-refractivity contribution < 1.29 is 14.7 Å². The van der Waals surface area contributed by atoms with E-state index in [0.29, 0.717) is 19.5 Å². The van der Waals surface area contributed by atoms with Crippen LogP contribution in [0.2, 0.25) is 0 Å². The summed E-state index contributed by atoms with van der Waals surface area (Å²) >= 11 is 0. The molecule has 0 aliphatic carbocycles. The summed E-state index contributed by atoms with van der Waals surface area (Å²) in [6.45, 7) is 7.44. The molecular formula is C14H26N2O3. The van der Waals surface area contributed by atoms with E-state index in [-0.39, 0.29) is 11.9 Å². The number of likely N-dealkylation sites (tertiary alicyclic amines) is 1. The van der Waals surface area contributed by atoms with E-state index in [9.17, 15) is 14.7 Å². The molecular weight excluding hydrogens is 244 g/mol. The van der Waals surface area contributed by atoms with E-state index in [1.807, 2.05) is 4.90 Å². The van der Waals surface area contributed by atoms with Crippen molar-refractivity contribution in [3.8, 4) is 0 Å². The SMILES string of the molecule is CCC(CC)NC(=O)CN1CCCC(C)(C(=O)O)C1. The number of hydrogen-bond donors (Lipinski definition) is 2. The van der Waals surface area contributed by atoms with Crippen LogP contribution in [0.3, 0.4) is 0 Å². The van der Waals surface area contributed by atoms with Crippen molar-refractivity contribution >= 4 is 11.9 Å². The summed E-state index contributed by atoms with van der Waals surface area (Å²) in [7, 11) is 0. The molecule has 0 saturated carbocycles. The van der Waals surface area contributed by atoms with Gasteiger partial charge in [0.25, 0.3) is 0 Å². The van der Waals surface area contributed by atoms with Gasteiger partial charge < -0.3 is 10.4 Å². The van der Waals surface area contributed by atoms with E-state index >= 15 is 0 Å². The van der Waals surface area contributed by atoms with Gasteiger partial charge >= 0.3 is 5.97 Å². The van der Waals surface area contributed by atoms with Gasteiger partial charge in [0, 0.05) is 12.6 Å². The minimum atomic E-state index is -0.766. The molecule has 1 unspecified atom stereocenters. The number of amides is 1. The Morgan fingerprint density at radius 3 is 2.53 bits per heavy atom. The second-order valence-electron chi connectivity index (χ2n) is 5.76. The summed E-state index contributed by atoms with van der Waals surface area (Å²) in [6, 6.07) is 0.225. The molecule has 0 radical (unpaired) electrons. The second kappa shape index (κ2) is 6.89. The number of carbonyl (C=O) groups excluding carboxylic acids is 1. The van der Waals surface area contributed by atoms with Crippen molar-refractivity contribution in [3.05, 3.63) is 0 Å². The molecule has 0 aromatic carbocycles. The van der Waals surface area contributed by atoms with E-state index in [2.05, 4.69) is 19.2 Å². The molecule has 0 spiro atoms. The molecule has 5 heteroatoms. The molecule has 1 rings (SSSR count). The lowest BCUT2D eigenvalue weighted by atomic mass is 9.82. The maximum Gasteiger partial charge on any atom is 0.310 e. The molecule has 0 bridgehead atoms. The maximum absolute atomic E-state index is 11.9. The van der Waals surface area contributed by atoms with Crippen molar-refractivity contribution in [2.75, 3.05) is 19.6 Å². The van der Waals surface area contributed by atoms with Crippen LogP contribution in [-0.2, 0) is 9.59 Å². The maximum atomic E-state index is 11.9. The van der Waals surface area contributed by atoms with Gasteiger partial charge in [-0.25, -0.2) is 0 Å². The molecule has 2 N–H and O–H groups in total. The molecule has 5 nitrogen and oxygen atoms in total. The Balaban J connectivity index is 2.48. The lowest BCUT2D eigenvalue weighted by Gasteiger charge is -2.37. The third-order valence-corrected chi connectivity index (χ3v) is 4.01. The highest BCUT2D eigenvalue weighted by atomic mass is 16.4. The Hall–Kier alpha value is -1.10. The monoisotopic (exact) mass is 270 g/mol. The molecule has 1 heterocycles. The molecule has 1 aliphatic heterocycles. The molecule has 0 aromatic rings. The first kappa shape index (κ1) is 16.0. The molecule has 1 atom stereocenters. The molecule has 1 aliphatic rings. The lowest BCUT2D eigenvalue weighted by Crippen LogP contribution is -2.50. The van der Waals surface area contributed by atoms with E-state index in [0.717, 1.165) is 25.8 Å². The highest BCUT2D eigenvalue weighted by Gasteiger charge is 2.38. The Morgan fingerprint density at radius 2 is 2.00 bits per heavy atom. The second-order valence-corrected chi connectivity index (χ2v) is 5.76. The number of nitrogens with one attached hydrogen (secondary N) is 1. The van der Waals surface area contributed by atoms with Crippen LogP contribution in [0.15, 0.2) is 0 Å². The van der Waals surface area contributed by atoms with Gasteiger partial charge in [-0.05, 0) is 39.2 Å². The van der Waals surface area contributed by atoms with Gasteiger partial charge in [-0.1, -0.05) is 13.8 Å². The first-order chi connectivity index (χ1) is 8.91. The van der Waals surface area contributed by atoms with Gasteiger partial charge in [0.15, 0.2) is 0 Å². The van der Waals surface area contributed by atoms with Crippen LogP contribution in [0.5, 0.6) is 0 Å². The Labute approximate surface area is 115 Å². The van der Waals surface area contributed by atoms with Crippen LogP contribution in [-0.4, -0.2) is 47.6 Å². The zero-order valence-corrected chi connectivity index (χ0v) is 12.2. The summed E-state index contributed by atoms with van der Waals surface area (Å²) in [5.74, 6) is -0.763. The summed E-state index contributed by atoms with van der Waals surface area (Å²) in [5, 5.41) is 12.2. The van der Waals surface area contributed by atoms with Crippen molar-refractivity contribution in [2.24, 2.45) is 5.41 Å². The third-order valence-electron chi connectivity index (χ3n) is 4.01. The van der Waals surface area contributed by atoms with Crippen LogP contribution >= 0.6 is 0 Å². The third kappa shape index (κ3) is 4.49. The molecule has 1 saturated heterocycles. The van der Waals surface area contributed by atoms with Crippen molar-refractivity contribution in [1.29, 1.82) is 0 Å². The molecule has 19 heavy (non-hydrogen) atoms. The quantitative estimate of drug-likeness (QED) is 0.767. The zero-order chi connectivity index (χ0) is 14.5. The number of carbonyl (C=O) groups is 2. The Kier molecular flexibility index (Phi) is 5.79. The molecule has 0 aromatic heterocycles. The van der Waals surface area contributed by atoms with E-state index < -0.39 is 11.4 Å². The lowest BCUT2D eigenvalue weighted by molar-refractivity contribution is -0.151. The van der Waals surface area contributed by atoms with Crippen LogP contribution in [0.1, 0.15) is 46.5 Å². The molecule has 1 fully saturated rings. The summed E-state index contributed by atoms with van der Waals surface area (Å²) in [4.78, 5) is 25.1. The number of piperidine rings is 1. The highest BCUT2D eigenvalue weighted by molar-refractivity contribution is 5.79. The normalized spacial score (nSPS) is 24.4. The summed E-state index contributed by atoms with van der Waals surface area (Å²) in [5.41, 5.74) is -0.715. The summed E-state index contributed by atoms with van der Waals surface area (Å²) < 4.78 is 0. The summed E-state index contributed by atoms with van der Waals surface area (Å²) in [6.07, 6.45) is 3.37. The first-order valence-electron chi connectivity index (χ1n) is 7.16. The topological polar surface area (TPSA) is 69.6 Å². The fourth-order valence-corrected chi connectivity index (χ4v) is 2.62. The number of hydrogen-bond acceptors (Lipinski definition) is 3. The van der Waals surface area contributed by atoms with Crippen molar-refractivity contribution in [2.45, 2.75) is 52.5 Å². The number of nitrogens with zero attached hydrogens (tertiary/aromatic N) is 1. The van der Waals surface area contributed by atoms with Gasteiger partial charge in [0.05, 0.1) is 12.0 Å². The minimum Gasteiger partial charge on any atom is -0.481 e. The Morgan fingerprint density at radius 1 is 1.37 bits per heavy atom. The number of rotatable bonds is 6. The van der Waals surface area contributed by atoms with Gasteiger partial charge in [-0.2, -0.15) is 0 Å². The molecule has 1 amide bonds. The largest absolute Gasteiger partial charge is 0.481 e. The predicted octanol–water partition coefficient (Wildman–Crippen LogP) is 1.48. The highest BCUT2D eigenvalue weighted by Crippen LogP contribution is 2.29. The standard InChI is InChI=1S/C14H26N2O3/c1-4-11(5-2)15-12(17)9-16-8-6-7-14(3,10-16)13(18)19/h11H,4-10H2,1-3H3,(H,15,17)(H,18,19). The Bertz CT molecular complexity index is 329. The first-order valence-corrected chi connectivity index (χ1v) is 7.16. The van der Waals surface area contributed by atoms with Gasteiger partial charge in [-0.3, -0.25) is 14.5 Å². The average molecular weight is 270 g/mol. The number of carboxylic acid groups (broad SMARTS) is 1. The van der Waals surface area contributed by atoms with Crippen LogP contribution < -0.4 is 5.32 Å². The fraction of sp³-hybridized carbons (Fsp3) is 0.857. The van der Waals surface area contributed by atoms with Crippen LogP contribution in [0, 0.1) is 5.41 Å². The fourth-order valence-electron chi connectivity index (χ4n) is 2.62. The van der Waals surface area contributed by atoms with Crippen molar-refractivity contribution in [3.63, 3.8) is 0 Å². The van der Waals surface area contributed by atoms with Crippen LogP contribution in [0.25, 0.3) is 0 Å². The van der Waals surface area contributed by atoms with E-state index in [1.165, 1.54) is 0 Å². The zero-order valence-electron chi connectivity index (χ0n) is 12.2. The van der Waals surface area contributed by atoms with E-state index in [4.69, 9.17) is 0 Å². The van der Waals surface area contributed by atoms with E-state index in [1.54, 1.807) is 6.92 Å². The average Bonchev–Trinajstić information content (AvgIpc) is 2.35. The molecule has 110 valence electrons. The smallest absolute Gasteiger partial charge is 0.310 e. The van der Waals surface area contributed by atoms with Crippen molar-refractivity contribution in [1.82, 2.24) is 10.2 Å². The minimum absolute atomic E-state index is 0.00309. The van der Waals surface area contributed by atoms with Crippen LogP contribution in [0.4, 0.5) is 0 Å². The predicted molar refractivity (Wildman–Crippen MR) is 73.9 cm³/mol. The number of carboxylic acids is 1.